The Hall–Kier alpha value is -3.73. The number of hydrogen-bond donors (Lipinski definition) is 3. The van der Waals surface area contributed by atoms with Crippen LogP contribution in [0, 0.1) is 0 Å². The molecule has 0 aliphatic carbocycles. The van der Waals surface area contributed by atoms with Crippen molar-refractivity contribution in [2.45, 2.75) is 63.9 Å². The molecule has 5 rings (SSSR count). The molecule has 2 aliphatic rings. The van der Waals surface area contributed by atoms with Crippen molar-refractivity contribution in [3.05, 3.63) is 70.4 Å². The molecule has 0 saturated carbocycles. The van der Waals surface area contributed by atoms with Crippen molar-refractivity contribution in [3.63, 3.8) is 0 Å². The zero-order valence-electron chi connectivity index (χ0n) is 24.2. The Kier molecular flexibility index (Phi) is 8.68. The zero-order chi connectivity index (χ0) is 30.0. The lowest BCUT2D eigenvalue weighted by atomic mass is 9.91. The zero-order valence-corrected chi connectivity index (χ0v) is 24.9. The Morgan fingerprint density at radius 3 is 2.69 bits per heavy atom. The number of nitrogens with one attached hydrogen (secondary N) is 2. The monoisotopic (exact) mass is 593 g/mol. The van der Waals surface area contributed by atoms with E-state index >= 15 is 0 Å². The molecule has 2 aromatic carbocycles. The molecule has 0 bridgehead atoms. The molecule has 1 saturated heterocycles. The average Bonchev–Trinajstić information content (AvgIpc) is 3.31. The first-order valence-corrected chi connectivity index (χ1v) is 14.4. The maximum atomic E-state index is 13.6. The van der Waals surface area contributed by atoms with Gasteiger partial charge in [0.15, 0.2) is 0 Å². The second-order valence-electron chi connectivity index (χ2n) is 11.3. The van der Waals surface area contributed by atoms with Crippen molar-refractivity contribution < 1.29 is 24.2 Å². The van der Waals surface area contributed by atoms with Crippen molar-refractivity contribution in [1.29, 1.82) is 0 Å². The van der Waals surface area contributed by atoms with E-state index in [1.54, 1.807) is 58.3 Å². The lowest BCUT2D eigenvalue weighted by Gasteiger charge is -2.33. The van der Waals surface area contributed by atoms with E-state index in [9.17, 15) is 14.7 Å². The third kappa shape index (κ3) is 6.35. The molecule has 11 heteroatoms. The van der Waals surface area contributed by atoms with E-state index in [2.05, 4.69) is 20.6 Å². The standard InChI is InChI=1S/C31H36ClN5O5/c1-18(28(38)36-27(31(2,3)40)20-6-5-7-23(14-20)41-4)37-17-21-9-8-19(15-24(21)29(37)39)26-25(32)16-33-30(35-26)34-22-10-12-42-13-11-22/h5-9,14-16,18,22,27,40H,10-13,17H2,1-4H3,(H,36,38)(H,33,34,35)/t18-,27+/m1/s1. The number of fused-ring (bicyclic) bond motifs is 1. The predicted octanol–water partition coefficient (Wildman–Crippen LogP) is 4.37. The SMILES string of the molecule is COc1cccc([C@H](NC(=O)[C@@H](C)N2Cc3ccc(-c4nc(NC5CCOCC5)ncc4Cl)cc3C2=O)C(C)(C)O)c1. The van der Waals surface area contributed by atoms with Crippen molar-refractivity contribution in [3.8, 4) is 17.0 Å². The number of benzene rings is 2. The summed E-state index contributed by atoms with van der Waals surface area (Å²) in [7, 11) is 1.56. The van der Waals surface area contributed by atoms with Gasteiger partial charge in [0.25, 0.3) is 5.91 Å². The van der Waals surface area contributed by atoms with Crippen molar-refractivity contribution in [1.82, 2.24) is 20.2 Å². The van der Waals surface area contributed by atoms with Gasteiger partial charge in [-0.25, -0.2) is 9.97 Å². The number of aliphatic hydroxyl groups is 1. The maximum Gasteiger partial charge on any atom is 0.255 e. The van der Waals surface area contributed by atoms with Crippen molar-refractivity contribution in [2.24, 2.45) is 0 Å². The van der Waals surface area contributed by atoms with Gasteiger partial charge in [-0.3, -0.25) is 9.59 Å². The van der Waals surface area contributed by atoms with Crippen LogP contribution >= 0.6 is 11.6 Å². The Labute approximate surface area is 250 Å². The number of rotatable bonds is 9. The molecule has 42 heavy (non-hydrogen) atoms. The molecule has 3 heterocycles. The molecular formula is C31H36ClN5O5. The number of methoxy groups -OCH3 is 1. The highest BCUT2D eigenvalue weighted by molar-refractivity contribution is 6.33. The third-order valence-corrected chi connectivity index (χ3v) is 8.06. The highest BCUT2D eigenvalue weighted by Crippen LogP contribution is 2.33. The quantitative estimate of drug-likeness (QED) is 0.334. The summed E-state index contributed by atoms with van der Waals surface area (Å²) < 4.78 is 10.7. The highest BCUT2D eigenvalue weighted by atomic mass is 35.5. The van der Waals surface area contributed by atoms with Crippen LogP contribution in [0.15, 0.2) is 48.7 Å². The third-order valence-electron chi connectivity index (χ3n) is 7.78. The minimum absolute atomic E-state index is 0.218. The molecule has 10 nitrogen and oxygen atoms in total. The van der Waals surface area contributed by atoms with E-state index in [-0.39, 0.29) is 24.4 Å². The Bertz CT molecular complexity index is 1470. The number of anilines is 1. The number of ether oxygens (including phenoxy) is 2. The van der Waals surface area contributed by atoms with Gasteiger partial charge in [0.1, 0.15) is 11.8 Å². The summed E-state index contributed by atoms with van der Waals surface area (Å²) in [5.41, 5.74) is 1.92. The van der Waals surface area contributed by atoms with Gasteiger partial charge in [-0.1, -0.05) is 35.9 Å². The van der Waals surface area contributed by atoms with Crippen LogP contribution in [0.1, 0.15) is 61.1 Å². The van der Waals surface area contributed by atoms with Crippen LogP contribution in [-0.2, 0) is 16.1 Å². The fourth-order valence-corrected chi connectivity index (χ4v) is 5.54. The molecule has 1 fully saturated rings. The first kappa shape index (κ1) is 29.8. The van der Waals surface area contributed by atoms with Crippen LogP contribution in [0.3, 0.4) is 0 Å². The van der Waals surface area contributed by atoms with E-state index in [0.29, 0.717) is 52.3 Å². The molecule has 0 unspecified atom stereocenters. The minimum Gasteiger partial charge on any atom is -0.497 e. The number of halogens is 1. The van der Waals surface area contributed by atoms with Crippen LogP contribution in [0.25, 0.3) is 11.3 Å². The van der Waals surface area contributed by atoms with Crippen LogP contribution < -0.4 is 15.4 Å². The average molecular weight is 594 g/mol. The van der Waals surface area contributed by atoms with Gasteiger partial charge in [-0.05, 0) is 62.9 Å². The second kappa shape index (κ2) is 12.2. The molecule has 2 atom stereocenters. The van der Waals surface area contributed by atoms with Crippen LogP contribution in [-0.4, -0.2) is 69.8 Å². The summed E-state index contributed by atoms with van der Waals surface area (Å²) in [4.78, 5) is 37.5. The summed E-state index contributed by atoms with van der Waals surface area (Å²) >= 11 is 6.49. The first-order chi connectivity index (χ1) is 20.0. The van der Waals surface area contributed by atoms with E-state index in [1.807, 2.05) is 18.2 Å². The number of carbonyl (C=O) groups is 2. The lowest BCUT2D eigenvalue weighted by Crippen LogP contribution is -2.50. The molecule has 0 radical (unpaired) electrons. The summed E-state index contributed by atoms with van der Waals surface area (Å²) in [5.74, 6) is 0.438. The molecule has 3 N–H and O–H groups in total. The summed E-state index contributed by atoms with van der Waals surface area (Å²) in [6.07, 6.45) is 3.29. The largest absolute Gasteiger partial charge is 0.497 e. The maximum absolute atomic E-state index is 13.6. The lowest BCUT2D eigenvalue weighted by molar-refractivity contribution is -0.128. The van der Waals surface area contributed by atoms with E-state index in [1.165, 1.54) is 4.90 Å². The van der Waals surface area contributed by atoms with Gasteiger partial charge in [0.2, 0.25) is 11.9 Å². The van der Waals surface area contributed by atoms with E-state index in [4.69, 9.17) is 21.1 Å². The van der Waals surface area contributed by atoms with Gasteiger partial charge in [-0.2, -0.15) is 0 Å². The van der Waals surface area contributed by atoms with Gasteiger partial charge >= 0.3 is 0 Å². The number of amides is 2. The first-order valence-electron chi connectivity index (χ1n) is 14.0. The van der Waals surface area contributed by atoms with Gasteiger partial charge in [0, 0.05) is 36.9 Å². The molecule has 2 aliphatic heterocycles. The number of hydrogen-bond acceptors (Lipinski definition) is 8. The number of carbonyl (C=O) groups excluding carboxylic acids is 2. The molecule has 2 amide bonds. The summed E-state index contributed by atoms with van der Waals surface area (Å²) in [6, 6.07) is 11.4. The smallest absolute Gasteiger partial charge is 0.255 e. The van der Waals surface area contributed by atoms with E-state index in [0.717, 1.165) is 18.4 Å². The van der Waals surface area contributed by atoms with Crippen molar-refractivity contribution >= 4 is 29.4 Å². The molecular weight excluding hydrogens is 558 g/mol. The second-order valence-corrected chi connectivity index (χ2v) is 11.7. The molecule has 222 valence electrons. The van der Waals surface area contributed by atoms with Gasteiger partial charge < -0.3 is 30.1 Å². The van der Waals surface area contributed by atoms with E-state index < -0.39 is 17.7 Å². The topological polar surface area (TPSA) is 126 Å². The van der Waals surface area contributed by atoms with Gasteiger partial charge in [-0.15, -0.1) is 0 Å². The fourth-order valence-electron chi connectivity index (χ4n) is 5.34. The predicted molar refractivity (Wildman–Crippen MR) is 159 cm³/mol. The van der Waals surface area contributed by atoms with Crippen LogP contribution in [0.4, 0.5) is 5.95 Å². The highest BCUT2D eigenvalue weighted by Gasteiger charge is 2.37. The molecule has 1 aromatic heterocycles. The minimum atomic E-state index is -1.27. The Morgan fingerprint density at radius 1 is 1.21 bits per heavy atom. The summed E-state index contributed by atoms with van der Waals surface area (Å²) in [5, 5.41) is 17.6. The molecule has 0 spiro atoms. The van der Waals surface area contributed by atoms with Gasteiger partial charge in [0.05, 0.1) is 35.7 Å². The number of aromatic nitrogens is 2. The molecule has 3 aromatic rings. The normalized spacial score (nSPS) is 17.0. The summed E-state index contributed by atoms with van der Waals surface area (Å²) in [6.45, 7) is 6.60. The van der Waals surface area contributed by atoms with Crippen LogP contribution in [0.2, 0.25) is 5.02 Å². The number of nitrogens with zero attached hydrogens (tertiary/aromatic N) is 3. The Balaban J connectivity index is 1.33. The fraction of sp³-hybridized carbons (Fsp3) is 0.419. The Morgan fingerprint density at radius 2 is 1.98 bits per heavy atom. The van der Waals surface area contributed by atoms with Crippen LogP contribution in [0.5, 0.6) is 5.75 Å². The van der Waals surface area contributed by atoms with Crippen molar-refractivity contribution in [2.75, 3.05) is 25.6 Å².